The number of carbonyl (C=O) groups excluding carboxylic acids is 1. The number of halogens is 1. The minimum atomic E-state index is -0.545. The van der Waals surface area contributed by atoms with Gasteiger partial charge in [0, 0.05) is 57.1 Å². The summed E-state index contributed by atoms with van der Waals surface area (Å²) in [7, 11) is 0. The highest BCUT2D eigenvalue weighted by Crippen LogP contribution is 2.19. The molecule has 1 saturated heterocycles. The van der Waals surface area contributed by atoms with Crippen LogP contribution in [0.15, 0.2) is 18.2 Å². The maximum absolute atomic E-state index is 12.0. The van der Waals surface area contributed by atoms with E-state index in [4.69, 9.17) is 5.73 Å². The molecule has 0 bridgehead atoms. The molecular weight excluding hydrogens is 310 g/mol. The van der Waals surface area contributed by atoms with Gasteiger partial charge in [0.1, 0.15) is 0 Å². The van der Waals surface area contributed by atoms with Crippen LogP contribution in [0.1, 0.15) is 10.4 Å². The van der Waals surface area contributed by atoms with Crippen molar-refractivity contribution in [3.05, 3.63) is 33.9 Å². The van der Waals surface area contributed by atoms with Gasteiger partial charge in [-0.05, 0) is 6.07 Å². The second kappa shape index (κ2) is 8.52. The Morgan fingerprint density at radius 1 is 1.41 bits per heavy atom. The molecule has 0 spiro atoms. The SMILES string of the molecule is Cl.Nc1ccc([N+](=O)[O-])cc1C(=O)NCCN1CCNCC1. The summed E-state index contributed by atoms with van der Waals surface area (Å²) >= 11 is 0. The van der Waals surface area contributed by atoms with Gasteiger partial charge in [0.05, 0.1) is 10.5 Å². The van der Waals surface area contributed by atoms with E-state index in [1.807, 2.05) is 0 Å². The number of hydrogen-bond donors (Lipinski definition) is 3. The van der Waals surface area contributed by atoms with Gasteiger partial charge < -0.3 is 16.4 Å². The number of benzene rings is 1. The van der Waals surface area contributed by atoms with Crippen molar-refractivity contribution in [3.63, 3.8) is 0 Å². The van der Waals surface area contributed by atoms with E-state index >= 15 is 0 Å². The van der Waals surface area contributed by atoms with Crippen molar-refractivity contribution in [3.8, 4) is 0 Å². The Bertz CT molecular complexity index is 534. The molecule has 122 valence electrons. The van der Waals surface area contributed by atoms with Gasteiger partial charge >= 0.3 is 0 Å². The van der Waals surface area contributed by atoms with Gasteiger partial charge in [-0.2, -0.15) is 0 Å². The minimum absolute atomic E-state index is 0. The zero-order valence-corrected chi connectivity index (χ0v) is 12.9. The summed E-state index contributed by atoms with van der Waals surface area (Å²) in [6.07, 6.45) is 0. The lowest BCUT2D eigenvalue weighted by molar-refractivity contribution is -0.384. The second-order valence-electron chi connectivity index (χ2n) is 4.88. The average Bonchev–Trinajstić information content (AvgIpc) is 2.48. The van der Waals surface area contributed by atoms with Crippen molar-refractivity contribution in [2.24, 2.45) is 0 Å². The van der Waals surface area contributed by atoms with Crippen molar-refractivity contribution < 1.29 is 9.72 Å². The monoisotopic (exact) mass is 329 g/mol. The predicted molar refractivity (Wildman–Crippen MR) is 86.4 cm³/mol. The van der Waals surface area contributed by atoms with Gasteiger partial charge in [-0.3, -0.25) is 19.8 Å². The lowest BCUT2D eigenvalue weighted by Gasteiger charge is -2.27. The maximum atomic E-state index is 12.0. The quantitative estimate of drug-likeness (QED) is 0.405. The number of amides is 1. The summed E-state index contributed by atoms with van der Waals surface area (Å²) in [5.74, 6) is -0.383. The van der Waals surface area contributed by atoms with Crippen LogP contribution in [0, 0.1) is 10.1 Å². The number of nitrogen functional groups attached to an aromatic ring is 1. The number of anilines is 1. The number of carbonyl (C=O) groups is 1. The molecule has 0 aromatic heterocycles. The molecule has 1 aromatic rings. The van der Waals surface area contributed by atoms with E-state index in [-0.39, 0.29) is 35.3 Å². The third-order valence-electron chi connectivity index (χ3n) is 3.42. The summed E-state index contributed by atoms with van der Waals surface area (Å²) in [5, 5.41) is 16.7. The summed E-state index contributed by atoms with van der Waals surface area (Å²) < 4.78 is 0. The Balaban J connectivity index is 0.00000242. The van der Waals surface area contributed by atoms with E-state index in [0.717, 1.165) is 32.7 Å². The predicted octanol–water partition coefficient (Wildman–Crippen LogP) is 0.234. The van der Waals surface area contributed by atoms with Gasteiger partial charge in [-0.15, -0.1) is 12.4 Å². The van der Waals surface area contributed by atoms with Gasteiger partial charge in [0.15, 0.2) is 0 Å². The lowest BCUT2D eigenvalue weighted by Crippen LogP contribution is -2.46. The molecule has 0 unspecified atom stereocenters. The molecule has 1 aliphatic rings. The standard InChI is InChI=1S/C13H19N5O3.ClH/c14-12-2-1-10(18(20)21)9-11(12)13(19)16-5-8-17-6-3-15-4-7-17;/h1-2,9,15H,3-8,14H2,(H,16,19);1H. The van der Waals surface area contributed by atoms with E-state index in [2.05, 4.69) is 15.5 Å². The number of piperazine rings is 1. The number of non-ortho nitro benzene ring substituents is 1. The first-order valence-electron chi connectivity index (χ1n) is 6.83. The number of hydrogen-bond acceptors (Lipinski definition) is 6. The maximum Gasteiger partial charge on any atom is 0.270 e. The number of nitrogens with two attached hydrogens (primary N) is 1. The highest BCUT2D eigenvalue weighted by molar-refractivity contribution is 5.99. The van der Waals surface area contributed by atoms with E-state index in [1.165, 1.54) is 18.2 Å². The Morgan fingerprint density at radius 2 is 2.09 bits per heavy atom. The minimum Gasteiger partial charge on any atom is -0.398 e. The van der Waals surface area contributed by atoms with E-state index in [9.17, 15) is 14.9 Å². The summed E-state index contributed by atoms with van der Waals surface area (Å²) in [6, 6.07) is 3.87. The topological polar surface area (TPSA) is 114 Å². The fraction of sp³-hybridized carbons (Fsp3) is 0.462. The van der Waals surface area contributed by atoms with Crippen LogP contribution in [0.25, 0.3) is 0 Å². The van der Waals surface area contributed by atoms with Crippen LogP contribution in [-0.4, -0.2) is 55.0 Å². The fourth-order valence-corrected chi connectivity index (χ4v) is 2.21. The molecule has 0 saturated carbocycles. The van der Waals surface area contributed by atoms with E-state index in [0.29, 0.717) is 6.54 Å². The van der Waals surface area contributed by atoms with Gasteiger partial charge in [0.2, 0.25) is 0 Å². The molecular formula is C13H20ClN5O3. The number of nitrogens with one attached hydrogen (secondary N) is 2. The van der Waals surface area contributed by atoms with Crippen molar-refractivity contribution in [2.45, 2.75) is 0 Å². The molecule has 22 heavy (non-hydrogen) atoms. The van der Waals surface area contributed by atoms with Gasteiger partial charge in [-0.25, -0.2) is 0 Å². The Morgan fingerprint density at radius 3 is 2.73 bits per heavy atom. The second-order valence-corrected chi connectivity index (χ2v) is 4.88. The van der Waals surface area contributed by atoms with Crippen LogP contribution in [0.3, 0.4) is 0 Å². The van der Waals surface area contributed by atoms with Crippen molar-refractivity contribution in [1.82, 2.24) is 15.5 Å². The Kier molecular flexibility index (Phi) is 7.03. The fourth-order valence-electron chi connectivity index (χ4n) is 2.21. The normalized spacial score (nSPS) is 14.9. The van der Waals surface area contributed by atoms with Crippen LogP contribution < -0.4 is 16.4 Å². The van der Waals surface area contributed by atoms with E-state index < -0.39 is 4.92 Å². The smallest absolute Gasteiger partial charge is 0.270 e. The third kappa shape index (κ3) is 4.83. The van der Waals surface area contributed by atoms with Crippen LogP contribution in [0.4, 0.5) is 11.4 Å². The molecule has 2 rings (SSSR count). The first kappa shape index (κ1) is 18.1. The molecule has 0 atom stereocenters. The first-order chi connectivity index (χ1) is 10.1. The number of nitro groups is 1. The zero-order valence-electron chi connectivity index (χ0n) is 12.1. The van der Waals surface area contributed by atoms with Crippen molar-refractivity contribution >= 4 is 29.7 Å². The zero-order chi connectivity index (χ0) is 15.2. The lowest BCUT2D eigenvalue weighted by atomic mass is 10.1. The average molecular weight is 330 g/mol. The van der Waals surface area contributed by atoms with E-state index in [1.54, 1.807) is 0 Å². The molecule has 8 nitrogen and oxygen atoms in total. The molecule has 1 fully saturated rings. The molecule has 9 heteroatoms. The Hall–Kier alpha value is -1.90. The molecule has 4 N–H and O–H groups in total. The number of rotatable bonds is 5. The molecule has 1 amide bonds. The number of nitro benzene ring substituents is 1. The molecule has 0 aliphatic carbocycles. The largest absolute Gasteiger partial charge is 0.398 e. The molecule has 1 aliphatic heterocycles. The third-order valence-corrected chi connectivity index (χ3v) is 3.42. The van der Waals surface area contributed by atoms with Crippen molar-refractivity contribution in [2.75, 3.05) is 45.0 Å². The molecule has 0 radical (unpaired) electrons. The van der Waals surface area contributed by atoms with Crippen LogP contribution >= 0.6 is 12.4 Å². The summed E-state index contributed by atoms with van der Waals surface area (Å²) in [6.45, 7) is 5.05. The Labute approximate surface area is 134 Å². The number of nitrogens with zero attached hydrogens (tertiary/aromatic N) is 2. The van der Waals surface area contributed by atoms with Crippen LogP contribution in [-0.2, 0) is 0 Å². The van der Waals surface area contributed by atoms with Crippen LogP contribution in [0.2, 0.25) is 0 Å². The first-order valence-corrected chi connectivity index (χ1v) is 6.83. The highest BCUT2D eigenvalue weighted by atomic mass is 35.5. The van der Waals surface area contributed by atoms with Crippen LogP contribution in [0.5, 0.6) is 0 Å². The van der Waals surface area contributed by atoms with Crippen molar-refractivity contribution in [1.29, 1.82) is 0 Å². The highest BCUT2D eigenvalue weighted by Gasteiger charge is 2.15. The summed E-state index contributed by atoms with van der Waals surface area (Å²) in [4.78, 5) is 24.5. The summed E-state index contributed by atoms with van der Waals surface area (Å²) in [5.41, 5.74) is 5.94. The van der Waals surface area contributed by atoms with Gasteiger partial charge in [-0.1, -0.05) is 0 Å². The molecule has 1 heterocycles. The molecule has 1 aromatic carbocycles. The van der Waals surface area contributed by atoms with Gasteiger partial charge in [0.25, 0.3) is 11.6 Å².